The second-order valence-corrected chi connectivity index (χ2v) is 8.72. The van der Waals surface area contributed by atoms with Gasteiger partial charge in [0.05, 0.1) is 0 Å². The van der Waals surface area contributed by atoms with Crippen LogP contribution in [0.5, 0.6) is 5.75 Å². The number of carbonyl (C=O) groups excluding carboxylic acids is 1. The fourth-order valence-corrected chi connectivity index (χ4v) is 5.25. The van der Waals surface area contributed by atoms with E-state index in [0.29, 0.717) is 5.92 Å². The second kappa shape index (κ2) is 7.13. The molecule has 1 fully saturated rings. The minimum absolute atomic E-state index is 0.292. The third kappa shape index (κ3) is 3.80. The first-order chi connectivity index (χ1) is 10.7. The Labute approximate surface area is 139 Å². The number of halogens is 1. The van der Waals surface area contributed by atoms with E-state index in [4.69, 9.17) is 6.13 Å². The van der Waals surface area contributed by atoms with Crippen LogP contribution in [0.15, 0.2) is 54.6 Å². The van der Waals surface area contributed by atoms with E-state index in [1.165, 1.54) is 31.7 Å². The molecule has 2 aromatic rings. The van der Waals surface area contributed by atoms with Gasteiger partial charge < -0.3 is 0 Å². The predicted octanol–water partition coefficient (Wildman–Crippen LogP) is 5.10. The maximum atomic E-state index is 11.3. The zero-order valence-corrected chi connectivity index (χ0v) is 14.7. The van der Waals surface area contributed by atoms with E-state index in [-0.39, 0.29) is 5.97 Å². The van der Waals surface area contributed by atoms with Crippen LogP contribution < -0.4 is 3.07 Å². The normalized spacial score (nSPS) is 14.9. The average molecular weight is 410 g/mol. The Morgan fingerprint density at radius 2 is 1.73 bits per heavy atom. The molecule has 0 unspecified atom stereocenters. The molecule has 0 radical (unpaired) electrons. The van der Waals surface area contributed by atoms with Gasteiger partial charge in [-0.2, -0.15) is 0 Å². The van der Waals surface area contributed by atoms with Crippen LogP contribution in [0.2, 0.25) is 0 Å². The van der Waals surface area contributed by atoms with Gasteiger partial charge in [0.2, 0.25) is 0 Å². The molecular formula is C18H19IO3. The second-order valence-electron chi connectivity index (χ2n) is 5.36. The standard InChI is InChI=1S/C18H19IO3/c1-14(20)21-19(17-8-3-2-4-9-17)22-18-12-10-16(11-13-18)15-6-5-7-15/h2-4,8-13,15H,5-7H2,1H3. The maximum absolute atomic E-state index is 11.3. The molecule has 0 atom stereocenters. The molecule has 3 nitrogen and oxygen atoms in total. The first-order valence-corrected chi connectivity index (χ1v) is 10.3. The Balaban J connectivity index is 1.73. The first kappa shape index (κ1) is 15.3. The topological polar surface area (TPSA) is 35.5 Å². The zero-order valence-electron chi connectivity index (χ0n) is 12.5. The van der Waals surface area contributed by atoms with Gasteiger partial charge in [-0.3, -0.25) is 0 Å². The van der Waals surface area contributed by atoms with Crippen molar-refractivity contribution in [1.29, 1.82) is 0 Å². The summed E-state index contributed by atoms with van der Waals surface area (Å²) in [6, 6.07) is 18.0. The quantitative estimate of drug-likeness (QED) is 0.644. The van der Waals surface area contributed by atoms with Crippen molar-refractivity contribution in [3.05, 3.63) is 63.7 Å². The van der Waals surface area contributed by atoms with Crippen molar-refractivity contribution in [2.24, 2.45) is 0 Å². The summed E-state index contributed by atoms with van der Waals surface area (Å²) in [7, 11) is 0. The van der Waals surface area contributed by atoms with Crippen LogP contribution in [-0.4, -0.2) is 5.97 Å². The van der Waals surface area contributed by atoms with Gasteiger partial charge in [0.25, 0.3) is 0 Å². The summed E-state index contributed by atoms with van der Waals surface area (Å²) in [5, 5.41) is 0. The Bertz CT molecular complexity index is 621. The van der Waals surface area contributed by atoms with E-state index < -0.39 is 20.6 Å². The summed E-state index contributed by atoms with van der Waals surface area (Å²) in [6.07, 6.45) is 3.91. The van der Waals surface area contributed by atoms with Gasteiger partial charge in [-0.15, -0.1) is 0 Å². The summed E-state index contributed by atoms with van der Waals surface area (Å²) < 4.78 is 12.4. The van der Waals surface area contributed by atoms with E-state index in [9.17, 15) is 4.79 Å². The molecule has 0 spiro atoms. The van der Waals surface area contributed by atoms with Gasteiger partial charge >= 0.3 is 139 Å². The molecule has 0 saturated heterocycles. The SMILES string of the molecule is CC(=O)OI(Oc1ccc(C2CCC2)cc1)c1ccccc1. The monoisotopic (exact) mass is 410 g/mol. The first-order valence-electron chi connectivity index (χ1n) is 7.45. The van der Waals surface area contributed by atoms with E-state index >= 15 is 0 Å². The van der Waals surface area contributed by atoms with Gasteiger partial charge in [-0.1, -0.05) is 0 Å². The summed E-state index contributed by atoms with van der Waals surface area (Å²) in [5.74, 6) is 1.20. The number of carbonyl (C=O) groups is 1. The molecule has 1 aliphatic rings. The minimum atomic E-state index is -2.46. The molecule has 1 aliphatic carbocycles. The fourth-order valence-electron chi connectivity index (χ4n) is 2.33. The molecule has 2 aromatic carbocycles. The third-order valence-corrected chi connectivity index (χ3v) is 7.37. The van der Waals surface area contributed by atoms with E-state index in [1.54, 1.807) is 0 Å². The van der Waals surface area contributed by atoms with E-state index in [1.807, 2.05) is 42.5 Å². The summed E-state index contributed by atoms with van der Waals surface area (Å²) >= 11 is -2.46. The van der Waals surface area contributed by atoms with Crippen molar-refractivity contribution < 1.29 is 10.9 Å². The van der Waals surface area contributed by atoms with E-state index in [0.717, 1.165) is 9.32 Å². The Morgan fingerprint density at radius 1 is 1.05 bits per heavy atom. The number of hydrogen-bond acceptors (Lipinski definition) is 3. The molecule has 1 saturated carbocycles. The van der Waals surface area contributed by atoms with Crippen molar-refractivity contribution in [2.45, 2.75) is 32.1 Å². The summed E-state index contributed by atoms with van der Waals surface area (Å²) in [4.78, 5) is 11.3. The predicted molar refractivity (Wildman–Crippen MR) is 94.6 cm³/mol. The van der Waals surface area contributed by atoms with Crippen LogP contribution in [0.1, 0.15) is 37.7 Å². The summed E-state index contributed by atoms with van der Waals surface area (Å²) in [6.45, 7) is 1.43. The van der Waals surface area contributed by atoms with Crippen LogP contribution in [-0.2, 0) is 7.86 Å². The van der Waals surface area contributed by atoms with Crippen LogP contribution in [0, 0.1) is 3.57 Å². The molecule has 0 N–H and O–H groups in total. The van der Waals surface area contributed by atoms with Crippen molar-refractivity contribution in [1.82, 2.24) is 0 Å². The van der Waals surface area contributed by atoms with Crippen molar-refractivity contribution >= 4 is 26.6 Å². The Hall–Kier alpha value is -1.56. The van der Waals surface area contributed by atoms with Crippen LogP contribution >= 0.6 is 20.6 Å². The van der Waals surface area contributed by atoms with Crippen LogP contribution in [0.3, 0.4) is 0 Å². The number of rotatable bonds is 5. The Kier molecular flexibility index (Phi) is 4.97. The molecule has 116 valence electrons. The average Bonchev–Trinajstić information content (AvgIpc) is 2.47. The molecule has 0 heterocycles. The van der Waals surface area contributed by atoms with Gasteiger partial charge in [0.15, 0.2) is 0 Å². The van der Waals surface area contributed by atoms with Gasteiger partial charge in [0, 0.05) is 0 Å². The number of hydrogen-bond donors (Lipinski definition) is 0. The molecule has 0 aromatic heterocycles. The fraction of sp³-hybridized carbons (Fsp3) is 0.278. The van der Waals surface area contributed by atoms with Crippen molar-refractivity contribution in [2.75, 3.05) is 0 Å². The Morgan fingerprint density at radius 3 is 2.27 bits per heavy atom. The van der Waals surface area contributed by atoms with Crippen molar-refractivity contribution in [3.8, 4) is 5.75 Å². The third-order valence-electron chi connectivity index (χ3n) is 3.71. The van der Waals surface area contributed by atoms with E-state index in [2.05, 4.69) is 12.1 Å². The molecule has 0 amide bonds. The molecule has 0 aliphatic heterocycles. The molecule has 3 rings (SSSR count). The number of benzene rings is 2. The van der Waals surface area contributed by atoms with Crippen LogP contribution in [0.4, 0.5) is 0 Å². The molecule has 4 heteroatoms. The van der Waals surface area contributed by atoms with Crippen molar-refractivity contribution in [3.63, 3.8) is 0 Å². The molecular weight excluding hydrogens is 391 g/mol. The molecule has 22 heavy (non-hydrogen) atoms. The van der Waals surface area contributed by atoms with Gasteiger partial charge in [-0.25, -0.2) is 0 Å². The molecule has 0 bridgehead atoms. The summed E-state index contributed by atoms with van der Waals surface area (Å²) in [5.41, 5.74) is 1.38. The zero-order chi connectivity index (χ0) is 15.4. The van der Waals surface area contributed by atoms with Gasteiger partial charge in [0.1, 0.15) is 0 Å². The van der Waals surface area contributed by atoms with Gasteiger partial charge in [-0.05, 0) is 0 Å². The van der Waals surface area contributed by atoms with Crippen LogP contribution in [0.25, 0.3) is 0 Å².